The third-order valence-electron chi connectivity index (χ3n) is 4.21. The van der Waals surface area contributed by atoms with Crippen molar-refractivity contribution in [3.05, 3.63) is 35.9 Å². The molecular weight excluding hydrogens is 304 g/mol. The van der Waals surface area contributed by atoms with Gasteiger partial charge in [-0.3, -0.25) is 4.79 Å². The molecule has 128 valence electrons. The first-order chi connectivity index (χ1) is 11.3. The van der Waals surface area contributed by atoms with Crippen LogP contribution in [0.4, 0.5) is 4.79 Å². The van der Waals surface area contributed by atoms with Gasteiger partial charge in [-0.15, -0.1) is 0 Å². The summed E-state index contributed by atoms with van der Waals surface area (Å²) in [7, 11) is 0. The zero-order valence-corrected chi connectivity index (χ0v) is 14.5. The van der Waals surface area contributed by atoms with Crippen molar-refractivity contribution in [2.24, 2.45) is 5.41 Å². The molecule has 0 bridgehead atoms. The summed E-state index contributed by atoms with van der Waals surface area (Å²) in [5, 5.41) is 12.6. The van der Waals surface area contributed by atoms with Gasteiger partial charge in [0.15, 0.2) is 5.78 Å². The highest BCUT2D eigenvalue weighted by molar-refractivity contribution is 5.90. The van der Waals surface area contributed by atoms with Crippen LogP contribution in [0.5, 0.6) is 0 Å². The zero-order chi connectivity index (χ0) is 17.8. The fraction of sp³-hybridized carbons (Fsp3) is 0.526. The second-order valence-corrected chi connectivity index (χ2v) is 7.20. The number of alkyl carbamates (subject to hydrolysis) is 1. The molecular formula is C19H24N2O3. The Bertz CT molecular complexity index is 643. The number of carbonyl (C=O) groups is 2. The van der Waals surface area contributed by atoms with Crippen LogP contribution in [0.15, 0.2) is 30.3 Å². The fourth-order valence-corrected chi connectivity index (χ4v) is 3.10. The van der Waals surface area contributed by atoms with E-state index in [1.54, 1.807) is 20.8 Å². The maximum atomic E-state index is 12.6. The van der Waals surface area contributed by atoms with Gasteiger partial charge in [-0.05, 0) is 39.2 Å². The maximum Gasteiger partial charge on any atom is 0.408 e. The highest BCUT2D eigenvalue weighted by Crippen LogP contribution is 2.43. The van der Waals surface area contributed by atoms with Crippen LogP contribution in [0.2, 0.25) is 0 Å². The number of carbonyl (C=O) groups excluding carboxylic acids is 2. The number of hydrogen-bond donors (Lipinski definition) is 1. The minimum atomic E-state index is -1.24. The topological polar surface area (TPSA) is 79.2 Å². The number of ketones is 1. The monoisotopic (exact) mass is 328 g/mol. The Morgan fingerprint density at radius 1 is 1.29 bits per heavy atom. The predicted molar refractivity (Wildman–Crippen MR) is 90.1 cm³/mol. The lowest BCUT2D eigenvalue weighted by atomic mass is 9.67. The smallest absolute Gasteiger partial charge is 0.408 e. The number of rotatable bonds is 3. The molecule has 2 rings (SSSR count). The Labute approximate surface area is 143 Å². The van der Waals surface area contributed by atoms with Gasteiger partial charge in [0.1, 0.15) is 11.0 Å². The van der Waals surface area contributed by atoms with Crippen molar-refractivity contribution in [3.63, 3.8) is 0 Å². The molecule has 0 heterocycles. The number of nitrogens with one attached hydrogen (secondary N) is 1. The lowest BCUT2D eigenvalue weighted by molar-refractivity contribution is -0.129. The van der Waals surface area contributed by atoms with Crippen molar-refractivity contribution < 1.29 is 14.3 Å². The van der Waals surface area contributed by atoms with E-state index in [-0.39, 0.29) is 5.78 Å². The van der Waals surface area contributed by atoms with Gasteiger partial charge in [0, 0.05) is 6.42 Å². The summed E-state index contributed by atoms with van der Waals surface area (Å²) in [6, 6.07) is 10.7. The number of benzene rings is 1. The van der Waals surface area contributed by atoms with E-state index in [1.165, 1.54) is 0 Å². The second kappa shape index (κ2) is 7.04. The molecule has 1 aliphatic rings. The highest BCUT2D eigenvalue weighted by Gasteiger charge is 2.48. The minimum absolute atomic E-state index is 0.110. The minimum Gasteiger partial charge on any atom is -0.444 e. The summed E-state index contributed by atoms with van der Waals surface area (Å²) in [6.07, 6.45) is 1.77. The largest absolute Gasteiger partial charge is 0.444 e. The third-order valence-corrected chi connectivity index (χ3v) is 4.21. The molecule has 1 N–H and O–H groups in total. The number of amides is 1. The average Bonchev–Trinajstić information content (AvgIpc) is 2.53. The Hall–Kier alpha value is -2.35. The second-order valence-electron chi connectivity index (χ2n) is 7.20. The molecule has 0 spiro atoms. The number of nitriles is 1. The van der Waals surface area contributed by atoms with Crippen molar-refractivity contribution in [1.82, 2.24) is 5.32 Å². The van der Waals surface area contributed by atoms with Crippen molar-refractivity contribution in [3.8, 4) is 6.07 Å². The lowest BCUT2D eigenvalue weighted by Crippen LogP contribution is -2.47. The Morgan fingerprint density at radius 3 is 2.50 bits per heavy atom. The standard InChI is InChI=1S/C19H24N2O3/c1-18(2,3)24-17(23)21-16(14-9-5-4-6-10-14)19(13-20)12-8-7-11-15(19)22/h4-6,9-10,16H,7-8,11-12H2,1-3H3,(H,21,23)/t16-,19-/m0/s1. The van der Waals surface area contributed by atoms with Crippen LogP contribution in [-0.2, 0) is 9.53 Å². The first-order valence-electron chi connectivity index (χ1n) is 8.27. The SMILES string of the molecule is CC(C)(C)OC(=O)N[C@@H](c1ccccc1)[C@]1(C#N)CCCCC1=O. The van der Waals surface area contributed by atoms with E-state index in [9.17, 15) is 14.9 Å². The van der Waals surface area contributed by atoms with Crippen LogP contribution >= 0.6 is 0 Å². The summed E-state index contributed by atoms with van der Waals surface area (Å²) in [5.41, 5.74) is -1.15. The molecule has 1 aliphatic carbocycles. The van der Waals surface area contributed by atoms with Gasteiger partial charge >= 0.3 is 6.09 Å². The van der Waals surface area contributed by atoms with Crippen molar-refractivity contribution >= 4 is 11.9 Å². The summed E-state index contributed by atoms with van der Waals surface area (Å²) < 4.78 is 5.33. The van der Waals surface area contributed by atoms with Gasteiger partial charge in [-0.1, -0.05) is 36.8 Å². The van der Waals surface area contributed by atoms with Gasteiger partial charge in [-0.25, -0.2) is 4.79 Å². The van der Waals surface area contributed by atoms with Gasteiger partial charge in [0.25, 0.3) is 0 Å². The van der Waals surface area contributed by atoms with E-state index < -0.39 is 23.2 Å². The van der Waals surface area contributed by atoms with Crippen LogP contribution in [0.25, 0.3) is 0 Å². The van der Waals surface area contributed by atoms with Crippen LogP contribution < -0.4 is 5.32 Å². The van der Waals surface area contributed by atoms with Crippen molar-refractivity contribution in [2.75, 3.05) is 0 Å². The molecule has 5 heteroatoms. The molecule has 1 amide bonds. The molecule has 0 aliphatic heterocycles. The van der Waals surface area contributed by atoms with E-state index in [0.717, 1.165) is 18.4 Å². The molecule has 0 radical (unpaired) electrons. The average molecular weight is 328 g/mol. The summed E-state index contributed by atoms with van der Waals surface area (Å²) >= 11 is 0. The van der Waals surface area contributed by atoms with Crippen molar-refractivity contribution in [2.45, 2.75) is 58.1 Å². The Balaban J connectivity index is 2.38. The van der Waals surface area contributed by atoms with Gasteiger partial charge in [0.05, 0.1) is 12.1 Å². The lowest BCUT2D eigenvalue weighted by Gasteiger charge is -2.37. The normalized spacial score (nSPS) is 22.3. The Kier molecular flexibility index (Phi) is 5.28. The molecule has 2 atom stereocenters. The summed E-state index contributed by atoms with van der Waals surface area (Å²) in [4.78, 5) is 24.9. The molecule has 1 aromatic rings. The molecule has 24 heavy (non-hydrogen) atoms. The fourth-order valence-electron chi connectivity index (χ4n) is 3.10. The summed E-state index contributed by atoms with van der Waals surface area (Å²) in [5.74, 6) is -0.110. The number of ether oxygens (including phenoxy) is 1. The van der Waals surface area contributed by atoms with Gasteiger partial charge < -0.3 is 10.1 Å². The van der Waals surface area contributed by atoms with E-state index in [2.05, 4.69) is 11.4 Å². The van der Waals surface area contributed by atoms with E-state index in [4.69, 9.17) is 4.74 Å². The number of Topliss-reactive ketones (excluding diaryl/α,β-unsaturated/α-hetero) is 1. The molecule has 1 aromatic carbocycles. The quantitative estimate of drug-likeness (QED) is 0.912. The van der Waals surface area contributed by atoms with E-state index in [1.807, 2.05) is 30.3 Å². The van der Waals surface area contributed by atoms with Crippen LogP contribution in [-0.4, -0.2) is 17.5 Å². The zero-order valence-electron chi connectivity index (χ0n) is 14.5. The summed E-state index contributed by atoms with van der Waals surface area (Å²) in [6.45, 7) is 5.32. The Morgan fingerprint density at radius 2 is 1.96 bits per heavy atom. The maximum absolute atomic E-state index is 12.6. The molecule has 1 fully saturated rings. The first kappa shape index (κ1) is 18.0. The molecule has 1 saturated carbocycles. The van der Waals surface area contributed by atoms with Crippen LogP contribution in [0, 0.1) is 16.7 Å². The number of hydrogen-bond acceptors (Lipinski definition) is 4. The highest BCUT2D eigenvalue weighted by atomic mass is 16.6. The first-order valence-corrected chi connectivity index (χ1v) is 8.27. The van der Waals surface area contributed by atoms with E-state index in [0.29, 0.717) is 12.8 Å². The molecule has 0 saturated heterocycles. The van der Waals surface area contributed by atoms with Crippen LogP contribution in [0.1, 0.15) is 58.1 Å². The van der Waals surface area contributed by atoms with Crippen LogP contribution in [0.3, 0.4) is 0 Å². The third kappa shape index (κ3) is 3.94. The van der Waals surface area contributed by atoms with E-state index >= 15 is 0 Å². The molecule has 5 nitrogen and oxygen atoms in total. The number of nitrogens with zero attached hydrogens (tertiary/aromatic N) is 1. The van der Waals surface area contributed by atoms with Crippen molar-refractivity contribution in [1.29, 1.82) is 5.26 Å². The van der Waals surface area contributed by atoms with Gasteiger partial charge in [-0.2, -0.15) is 5.26 Å². The predicted octanol–water partition coefficient (Wildman–Crippen LogP) is 3.91. The van der Waals surface area contributed by atoms with Gasteiger partial charge in [0.2, 0.25) is 0 Å². The molecule has 0 aromatic heterocycles. The molecule has 0 unspecified atom stereocenters.